The average molecular weight is 375 g/mol. The van der Waals surface area contributed by atoms with E-state index in [0.29, 0.717) is 29.8 Å². The van der Waals surface area contributed by atoms with E-state index in [-0.39, 0.29) is 5.69 Å². The Morgan fingerprint density at radius 3 is 2.64 bits per heavy atom. The third kappa shape index (κ3) is 7.26. The van der Waals surface area contributed by atoms with E-state index in [4.69, 9.17) is 9.47 Å². The van der Waals surface area contributed by atoms with Crippen molar-refractivity contribution >= 4 is 27.7 Å². The molecule has 122 valence electrons. The summed E-state index contributed by atoms with van der Waals surface area (Å²) < 4.78 is 11.1. The number of amides is 1. The van der Waals surface area contributed by atoms with Crippen molar-refractivity contribution in [2.75, 3.05) is 13.2 Å². The predicted molar refractivity (Wildman–Crippen MR) is 85.1 cm³/mol. The molecule has 0 atom stereocenters. The van der Waals surface area contributed by atoms with E-state index in [1.165, 1.54) is 12.1 Å². The number of non-ortho nitro benzene ring substituents is 1. The molecule has 1 aromatic carbocycles. The maximum Gasteiger partial charge on any atom is 0.407 e. The summed E-state index contributed by atoms with van der Waals surface area (Å²) in [5.41, 5.74) is -0.577. The van der Waals surface area contributed by atoms with Crippen LogP contribution in [0, 0.1) is 10.1 Å². The second-order valence-corrected chi connectivity index (χ2v) is 6.45. The summed E-state index contributed by atoms with van der Waals surface area (Å²) in [4.78, 5) is 21.7. The van der Waals surface area contributed by atoms with Crippen LogP contribution >= 0.6 is 15.9 Å². The Bertz CT molecular complexity index is 543. The number of ether oxygens (including phenoxy) is 2. The van der Waals surface area contributed by atoms with E-state index in [1.54, 1.807) is 26.8 Å². The van der Waals surface area contributed by atoms with Gasteiger partial charge in [-0.2, -0.15) is 0 Å². The molecule has 0 bridgehead atoms. The largest absolute Gasteiger partial charge is 0.493 e. The summed E-state index contributed by atoms with van der Waals surface area (Å²) in [6, 6.07) is 4.40. The molecule has 0 aliphatic heterocycles. The number of nitrogens with one attached hydrogen (secondary N) is 1. The molecular formula is C14H19BrN2O5. The van der Waals surface area contributed by atoms with Gasteiger partial charge >= 0.3 is 6.09 Å². The first-order chi connectivity index (χ1) is 10.2. The first kappa shape index (κ1) is 18.2. The van der Waals surface area contributed by atoms with Gasteiger partial charge < -0.3 is 14.8 Å². The summed E-state index contributed by atoms with van der Waals surface area (Å²) in [7, 11) is 0. The van der Waals surface area contributed by atoms with Crippen molar-refractivity contribution in [1.29, 1.82) is 0 Å². The number of carbonyl (C=O) groups excluding carboxylic acids is 1. The molecule has 0 radical (unpaired) electrons. The Morgan fingerprint density at radius 2 is 2.05 bits per heavy atom. The fourth-order valence-electron chi connectivity index (χ4n) is 1.50. The lowest BCUT2D eigenvalue weighted by Gasteiger charge is -2.19. The van der Waals surface area contributed by atoms with E-state index < -0.39 is 16.6 Å². The highest BCUT2D eigenvalue weighted by Gasteiger charge is 2.15. The number of rotatable bonds is 6. The lowest BCUT2D eigenvalue weighted by atomic mass is 10.2. The normalized spacial score (nSPS) is 10.9. The highest BCUT2D eigenvalue weighted by Crippen LogP contribution is 2.26. The summed E-state index contributed by atoms with van der Waals surface area (Å²) in [6.07, 6.45) is 0.0742. The van der Waals surface area contributed by atoms with Gasteiger partial charge in [0.05, 0.1) is 17.6 Å². The molecule has 0 unspecified atom stereocenters. The van der Waals surface area contributed by atoms with Crippen molar-refractivity contribution in [3.8, 4) is 5.75 Å². The molecule has 0 fully saturated rings. The van der Waals surface area contributed by atoms with Crippen molar-refractivity contribution in [3.63, 3.8) is 0 Å². The molecule has 0 aliphatic carbocycles. The Kier molecular flexibility index (Phi) is 6.61. The molecule has 0 aromatic heterocycles. The molecule has 0 saturated carbocycles. The minimum absolute atomic E-state index is 0.0451. The van der Waals surface area contributed by atoms with Gasteiger partial charge in [0.2, 0.25) is 0 Å². The van der Waals surface area contributed by atoms with Crippen molar-refractivity contribution in [2.45, 2.75) is 32.8 Å². The summed E-state index contributed by atoms with van der Waals surface area (Å²) >= 11 is 3.19. The number of hydrogen-bond donors (Lipinski definition) is 1. The van der Waals surface area contributed by atoms with Gasteiger partial charge in [0.25, 0.3) is 5.69 Å². The Labute approximate surface area is 137 Å². The Morgan fingerprint density at radius 1 is 1.36 bits per heavy atom. The van der Waals surface area contributed by atoms with Gasteiger partial charge in [0.15, 0.2) is 0 Å². The standard InChI is InChI=1S/C14H19BrN2O5/c1-14(2,3)22-13(18)16-5-4-6-21-12-8-10(15)7-11(9-12)17(19)20/h7-9H,4-6H2,1-3H3,(H,16,18). The molecule has 22 heavy (non-hydrogen) atoms. The second-order valence-electron chi connectivity index (χ2n) is 5.53. The quantitative estimate of drug-likeness (QED) is 0.466. The molecule has 0 spiro atoms. The number of hydrogen-bond acceptors (Lipinski definition) is 5. The summed E-state index contributed by atoms with van der Waals surface area (Å²) in [6.45, 7) is 6.08. The SMILES string of the molecule is CC(C)(C)OC(=O)NCCCOc1cc(Br)cc([N+](=O)[O-])c1. The number of nitro groups is 1. The average Bonchev–Trinajstić information content (AvgIpc) is 2.35. The topological polar surface area (TPSA) is 90.7 Å². The number of benzene rings is 1. The van der Waals surface area contributed by atoms with Gasteiger partial charge in [-0.3, -0.25) is 10.1 Å². The van der Waals surface area contributed by atoms with Crippen LogP contribution in [0.3, 0.4) is 0 Å². The molecule has 0 heterocycles. The van der Waals surface area contributed by atoms with Crippen molar-refractivity contribution < 1.29 is 19.2 Å². The first-order valence-corrected chi connectivity index (χ1v) is 7.51. The van der Waals surface area contributed by atoms with Gasteiger partial charge in [0.1, 0.15) is 11.4 Å². The molecular weight excluding hydrogens is 356 g/mol. The molecule has 1 aromatic rings. The van der Waals surface area contributed by atoms with E-state index in [9.17, 15) is 14.9 Å². The first-order valence-electron chi connectivity index (χ1n) is 6.72. The van der Waals surface area contributed by atoms with Gasteiger partial charge in [-0.15, -0.1) is 0 Å². The predicted octanol–water partition coefficient (Wildman–Crippen LogP) is 3.65. The van der Waals surface area contributed by atoms with Gasteiger partial charge in [0, 0.05) is 17.1 Å². The van der Waals surface area contributed by atoms with Crippen molar-refractivity contribution in [1.82, 2.24) is 5.32 Å². The van der Waals surface area contributed by atoms with Crippen molar-refractivity contribution in [2.24, 2.45) is 0 Å². The fourth-order valence-corrected chi connectivity index (χ4v) is 1.96. The zero-order valence-corrected chi connectivity index (χ0v) is 14.3. The number of alkyl carbamates (subject to hydrolysis) is 1. The van der Waals surface area contributed by atoms with E-state index in [1.807, 2.05) is 0 Å². The highest BCUT2D eigenvalue weighted by molar-refractivity contribution is 9.10. The third-order valence-electron chi connectivity index (χ3n) is 2.32. The van der Waals surface area contributed by atoms with E-state index in [2.05, 4.69) is 21.2 Å². The van der Waals surface area contributed by atoms with Crippen LogP contribution in [0.15, 0.2) is 22.7 Å². The molecule has 1 rings (SSSR count). The van der Waals surface area contributed by atoms with Crippen LogP contribution in [0.5, 0.6) is 5.75 Å². The molecule has 0 saturated heterocycles. The smallest absolute Gasteiger partial charge is 0.407 e. The molecule has 8 heteroatoms. The second kappa shape index (κ2) is 7.98. The van der Waals surface area contributed by atoms with Crippen LogP contribution in [0.2, 0.25) is 0 Å². The van der Waals surface area contributed by atoms with Gasteiger partial charge in [-0.25, -0.2) is 4.79 Å². The minimum atomic E-state index is -0.532. The van der Waals surface area contributed by atoms with Gasteiger partial charge in [-0.05, 0) is 33.3 Å². The monoisotopic (exact) mass is 374 g/mol. The number of nitrogens with zero attached hydrogens (tertiary/aromatic N) is 1. The van der Waals surface area contributed by atoms with E-state index >= 15 is 0 Å². The lowest BCUT2D eigenvalue weighted by Crippen LogP contribution is -2.33. The Balaban J connectivity index is 2.33. The third-order valence-corrected chi connectivity index (χ3v) is 2.78. The number of halogens is 1. The Hall–Kier alpha value is -1.83. The van der Waals surface area contributed by atoms with Crippen LogP contribution < -0.4 is 10.1 Å². The number of carbonyl (C=O) groups is 1. The summed E-state index contributed by atoms with van der Waals surface area (Å²) in [5.74, 6) is 0.401. The van der Waals surface area contributed by atoms with Crippen LogP contribution in [-0.2, 0) is 4.74 Å². The van der Waals surface area contributed by atoms with Crippen LogP contribution in [0.1, 0.15) is 27.2 Å². The minimum Gasteiger partial charge on any atom is -0.493 e. The van der Waals surface area contributed by atoms with Crippen LogP contribution in [0.4, 0.5) is 10.5 Å². The lowest BCUT2D eigenvalue weighted by molar-refractivity contribution is -0.385. The highest BCUT2D eigenvalue weighted by atomic mass is 79.9. The van der Waals surface area contributed by atoms with Crippen LogP contribution in [0.25, 0.3) is 0 Å². The zero-order chi connectivity index (χ0) is 16.8. The molecule has 1 N–H and O–H groups in total. The molecule has 7 nitrogen and oxygen atoms in total. The van der Waals surface area contributed by atoms with Crippen molar-refractivity contribution in [3.05, 3.63) is 32.8 Å². The van der Waals surface area contributed by atoms with Gasteiger partial charge in [-0.1, -0.05) is 15.9 Å². The molecule has 1 amide bonds. The number of nitro benzene ring substituents is 1. The maximum absolute atomic E-state index is 11.4. The zero-order valence-electron chi connectivity index (χ0n) is 12.7. The molecule has 0 aliphatic rings. The van der Waals surface area contributed by atoms with E-state index in [0.717, 1.165) is 0 Å². The van der Waals surface area contributed by atoms with Crippen LogP contribution in [-0.4, -0.2) is 29.8 Å². The summed E-state index contributed by atoms with van der Waals surface area (Å²) in [5, 5.41) is 13.3. The fraction of sp³-hybridized carbons (Fsp3) is 0.500. The maximum atomic E-state index is 11.4.